The van der Waals surface area contributed by atoms with Gasteiger partial charge in [-0.05, 0) is 18.8 Å². The third-order valence-electron chi connectivity index (χ3n) is 2.79. The Hall–Kier alpha value is -1.63. The van der Waals surface area contributed by atoms with E-state index in [-0.39, 0.29) is 24.9 Å². The van der Waals surface area contributed by atoms with Crippen molar-refractivity contribution in [2.45, 2.75) is 32.7 Å². The molecule has 1 saturated carbocycles. The summed E-state index contributed by atoms with van der Waals surface area (Å²) in [5, 5.41) is 7.71. The fourth-order valence-corrected chi connectivity index (χ4v) is 1.63. The van der Waals surface area contributed by atoms with Crippen molar-refractivity contribution in [3.8, 4) is 0 Å². The predicted molar refractivity (Wildman–Crippen MR) is 74.2 cm³/mol. The molecule has 0 aromatic rings. The number of hydrogen-bond acceptors (Lipinski definition) is 3. The maximum absolute atomic E-state index is 11.6. The molecule has 0 aromatic carbocycles. The van der Waals surface area contributed by atoms with Crippen molar-refractivity contribution in [1.29, 1.82) is 0 Å². The number of likely N-dealkylation sites (N-methyl/N-ethyl adjacent to an activating group) is 1. The molecule has 114 valence electrons. The molecule has 1 atom stereocenters. The second-order valence-corrected chi connectivity index (χ2v) is 5.80. The molecule has 1 fully saturated rings. The average Bonchev–Trinajstić information content (AvgIpc) is 3.09. The zero-order valence-corrected chi connectivity index (χ0v) is 12.4. The third-order valence-corrected chi connectivity index (χ3v) is 2.79. The lowest BCUT2D eigenvalue weighted by Crippen LogP contribution is -3.11. The molecule has 0 aromatic heterocycles. The van der Waals surface area contributed by atoms with Crippen molar-refractivity contribution in [2.75, 3.05) is 26.7 Å². The first kappa shape index (κ1) is 16.4. The molecule has 0 heterocycles. The molecule has 0 saturated heterocycles. The van der Waals surface area contributed by atoms with E-state index in [1.165, 1.54) is 0 Å². The first-order valence-electron chi connectivity index (χ1n) is 7.05. The van der Waals surface area contributed by atoms with Gasteiger partial charge in [0, 0.05) is 12.6 Å². The Bertz CT molecular complexity index is 367. The van der Waals surface area contributed by atoms with Crippen LogP contribution in [0, 0.1) is 5.92 Å². The summed E-state index contributed by atoms with van der Waals surface area (Å²) in [7, 11) is 1.75. The SMILES string of the molecule is CC(C)CNC(=O)NC(=O)C[NH+](C)CC(=O)NC1CC1. The quantitative estimate of drug-likeness (QED) is 0.447. The van der Waals surface area contributed by atoms with Gasteiger partial charge in [0.15, 0.2) is 13.1 Å². The van der Waals surface area contributed by atoms with Gasteiger partial charge in [0.1, 0.15) is 0 Å². The van der Waals surface area contributed by atoms with Crippen molar-refractivity contribution < 1.29 is 19.3 Å². The van der Waals surface area contributed by atoms with Crippen LogP contribution in [0.1, 0.15) is 26.7 Å². The van der Waals surface area contributed by atoms with Gasteiger partial charge in [0.25, 0.3) is 11.8 Å². The Kier molecular flexibility index (Phi) is 6.44. The highest BCUT2D eigenvalue weighted by atomic mass is 16.2. The molecule has 0 bridgehead atoms. The van der Waals surface area contributed by atoms with E-state index >= 15 is 0 Å². The van der Waals surface area contributed by atoms with E-state index in [2.05, 4.69) is 16.0 Å². The van der Waals surface area contributed by atoms with Gasteiger partial charge < -0.3 is 15.5 Å². The fourth-order valence-electron chi connectivity index (χ4n) is 1.63. The van der Waals surface area contributed by atoms with Gasteiger partial charge >= 0.3 is 6.03 Å². The smallest absolute Gasteiger partial charge is 0.321 e. The van der Waals surface area contributed by atoms with Crippen LogP contribution >= 0.6 is 0 Å². The lowest BCUT2D eigenvalue weighted by molar-refractivity contribution is -0.862. The zero-order valence-electron chi connectivity index (χ0n) is 12.4. The molecule has 4 N–H and O–H groups in total. The topological polar surface area (TPSA) is 91.7 Å². The average molecular weight is 285 g/mol. The van der Waals surface area contributed by atoms with Crippen LogP contribution < -0.4 is 20.9 Å². The molecule has 0 radical (unpaired) electrons. The molecular formula is C13H25N4O3+. The summed E-state index contributed by atoms with van der Waals surface area (Å²) in [4.78, 5) is 35.3. The molecule has 0 spiro atoms. The van der Waals surface area contributed by atoms with E-state index in [1.807, 2.05) is 13.8 Å². The summed E-state index contributed by atoms with van der Waals surface area (Å²) in [5.74, 6) is -0.111. The lowest BCUT2D eigenvalue weighted by Gasteiger charge is -2.13. The molecule has 4 amide bonds. The zero-order chi connectivity index (χ0) is 15.1. The van der Waals surface area contributed by atoms with Gasteiger partial charge in [-0.1, -0.05) is 13.8 Å². The minimum Gasteiger partial charge on any atom is -0.348 e. The molecule has 1 unspecified atom stereocenters. The van der Waals surface area contributed by atoms with E-state index in [4.69, 9.17) is 0 Å². The monoisotopic (exact) mass is 285 g/mol. The number of quaternary nitrogens is 1. The standard InChI is InChI=1S/C13H24N4O3/c1-9(2)6-14-13(20)16-12(19)8-17(3)7-11(18)15-10-4-5-10/h9-10H,4-8H2,1-3H3,(H,15,18)(H2,14,16,19,20)/p+1. The van der Waals surface area contributed by atoms with Crippen molar-refractivity contribution in [3.05, 3.63) is 0 Å². The Morgan fingerprint density at radius 1 is 1.15 bits per heavy atom. The van der Waals surface area contributed by atoms with Gasteiger partial charge in [-0.25, -0.2) is 4.79 Å². The Labute approximate surface area is 119 Å². The van der Waals surface area contributed by atoms with Gasteiger partial charge in [-0.15, -0.1) is 0 Å². The maximum atomic E-state index is 11.6. The van der Waals surface area contributed by atoms with Gasteiger partial charge in [-0.2, -0.15) is 0 Å². The third kappa shape index (κ3) is 7.73. The number of imide groups is 1. The number of hydrogen-bond donors (Lipinski definition) is 4. The van der Waals surface area contributed by atoms with Crippen molar-refractivity contribution in [3.63, 3.8) is 0 Å². The Balaban J connectivity index is 2.16. The van der Waals surface area contributed by atoms with Crippen LogP contribution in [0.4, 0.5) is 4.79 Å². The van der Waals surface area contributed by atoms with Gasteiger partial charge in [0.05, 0.1) is 7.05 Å². The van der Waals surface area contributed by atoms with Crippen molar-refractivity contribution in [2.24, 2.45) is 5.92 Å². The van der Waals surface area contributed by atoms with Crippen LogP contribution in [0.5, 0.6) is 0 Å². The molecule has 1 aliphatic carbocycles. The van der Waals surface area contributed by atoms with Crippen LogP contribution in [0.15, 0.2) is 0 Å². The summed E-state index contributed by atoms with van der Waals surface area (Å²) in [6.07, 6.45) is 2.09. The lowest BCUT2D eigenvalue weighted by atomic mass is 10.2. The number of urea groups is 1. The number of nitrogens with one attached hydrogen (secondary N) is 4. The van der Waals surface area contributed by atoms with Crippen LogP contribution in [-0.4, -0.2) is 50.6 Å². The van der Waals surface area contributed by atoms with E-state index in [1.54, 1.807) is 7.05 Å². The highest BCUT2D eigenvalue weighted by molar-refractivity contribution is 5.94. The molecular weight excluding hydrogens is 260 g/mol. The highest BCUT2D eigenvalue weighted by Crippen LogP contribution is 2.17. The molecule has 20 heavy (non-hydrogen) atoms. The largest absolute Gasteiger partial charge is 0.348 e. The second kappa shape index (κ2) is 7.84. The highest BCUT2D eigenvalue weighted by Gasteiger charge is 2.25. The number of carbonyl (C=O) groups is 3. The predicted octanol–water partition coefficient (Wildman–Crippen LogP) is -1.74. The molecule has 7 nitrogen and oxygen atoms in total. The Morgan fingerprint density at radius 3 is 2.30 bits per heavy atom. The first-order valence-corrected chi connectivity index (χ1v) is 7.05. The van der Waals surface area contributed by atoms with E-state index < -0.39 is 6.03 Å². The minimum atomic E-state index is -0.487. The summed E-state index contributed by atoms with van der Waals surface area (Å²) in [6.45, 7) is 4.79. The van der Waals surface area contributed by atoms with E-state index in [0.717, 1.165) is 17.7 Å². The number of carbonyl (C=O) groups excluding carboxylic acids is 3. The number of amides is 4. The summed E-state index contributed by atoms with van der Waals surface area (Å²) >= 11 is 0. The first-order chi connectivity index (χ1) is 9.36. The van der Waals surface area contributed by atoms with E-state index in [9.17, 15) is 14.4 Å². The fraction of sp³-hybridized carbons (Fsp3) is 0.769. The normalized spacial score (nSPS) is 15.6. The van der Waals surface area contributed by atoms with Crippen molar-refractivity contribution in [1.82, 2.24) is 16.0 Å². The van der Waals surface area contributed by atoms with E-state index in [0.29, 0.717) is 18.5 Å². The molecule has 1 aliphatic rings. The molecule has 1 rings (SSSR count). The van der Waals surface area contributed by atoms with Crippen LogP contribution in [-0.2, 0) is 9.59 Å². The van der Waals surface area contributed by atoms with Crippen molar-refractivity contribution >= 4 is 17.8 Å². The number of rotatable bonds is 7. The van der Waals surface area contributed by atoms with Gasteiger partial charge in [-0.3, -0.25) is 14.9 Å². The summed E-state index contributed by atoms with van der Waals surface area (Å²) < 4.78 is 0. The van der Waals surface area contributed by atoms with Gasteiger partial charge in [0.2, 0.25) is 0 Å². The van der Waals surface area contributed by atoms with Crippen LogP contribution in [0.2, 0.25) is 0 Å². The molecule has 7 heteroatoms. The minimum absolute atomic E-state index is 0.0536. The van der Waals surface area contributed by atoms with Crippen LogP contribution in [0.25, 0.3) is 0 Å². The summed E-state index contributed by atoms with van der Waals surface area (Å²) in [5.41, 5.74) is 0. The van der Waals surface area contributed by atoms with Crippen LogP contribution in [0.3, 0.4) is 0 Å². The maximum Gasteiger partial charge on any atom is 0.321 e. The Morgan fingerprint density at radius 2 is 1.75 bits per heavy atom. The summed E-state index contributed by atoms with van der Waals surface area (Å²) in [6, 6.07) is -0.162. The second-order valence-electron chi connectivity index (χ2n) is 5.80. The molecule has 0 aliphatic heterocycles.